The number of carboxylic acids is 1. The van der Waals surface area contributed by atoms with Gasteiger partial charge in [-0.3, -0.25) is 0 Å². The summed E-state index contributed by atoms with van der Waals surface area (Å²) in [6.45, 7) is 1.72. The first-order chi connectivity index (χ1) is 9.52. The van der Waals surface area contributed by atoms with Crippen LogP contribution in [-0.4, -0.2) is 17.1 Å². The van der Waals surface area contributed by atoms with Crippen molar-refractivity contribution < 1.29 is 19.1 Å². The molecular weight excluding hydrogens is 280 g/mol. The Morgan fingerprint density at radius 2 is 2.20 bits per heavy atom. The van der Waals surface area contributed by atoms with Crippen LogP contribution in [0.2, 0.25) is 0 Å². The highest BCUT2D eigenvalue weighted by Gasteiger charge is 2.39. The Hall–Kier alpha value is -2.28. The molecule has 3 N–H and O–H groups in total. The zero-order valence-electron chi connectivity index (χ0n) is 10.8. The summed E-state index contributed by atoms with van der Waals surface area (Å²) in [6, 6.07) is 6.27. The van der Waals surface area contributed by atoms with Crippen molar-refractivity contribution in [2.75, 3.05) is 0 Å². The van der Waals surface area contributed by atoms with E-state index in [1.807, 2.05) is 17.5 Å². The summed E-state index contributed by atoms with van der Waals surface area (Å²) < 4.78 is 5.09. The summed E-state index contributed by atoms with van der Waals surface area (Å²) in [5.74, 6) is -1.03. The van der Waals surface area contributed by atoms with E-state index in [1.54, 1.807) is 6.07 Å². The predicted octanol–water partition coefficient (Wildman–Crippen LogP) is 2.14. The van der Waals surface area contributed by atoms with Gasteiger partial charge >= 0.3 is 12.0 Å². The highest BCUT2D eigenvalue weighted by Crippen LogP contribution is 2.21. The molecule has 0 saturated carbocycles. The molecule has 20 heavy (non-hydrogen) atoms. The highest BCUT2D eigenvalue weighted by molar-refractivity contribution is 7.09. The molecule has 2 aromatic rings. The standard InChI is InChI=1S/C13H14N2O4S/c1-13(11(16)17,10-5-2-6-19-10)15-12(18)14-8-9-4-3-7-20-9/h2-7H,8H2,1H3,(H,16,17)(H2,14,15,18). The zero-order chi connectivity index (χ0) is 14.6. The van der Waals surface area contributed by atoms with Gasteiger partial charge in [0.1, 0.15) is 5.76 Å². The number of thiophene rings is 1. The van der Waals surface area contributed by atoms with Gasteiger partial charge in [0, 0.05) is 4.88 Å². The maximum atomic E-state index is 11.8. The van der Waals surface area contributed by atoms with E-state index < -0.39 is 17.5 Å². The van der Waals surface area contributed by atoms with E-state index in [-0.39, 0.29) is 5.76 Å². The quantitative estimate of drug-likeness (QED) is 0.788. The van der Waals surface area contributed by atoms with E-state index >= 15 is 0 Å². The van der Waals surface area contributed by atoms with Crippen molar-refractivity contribution in [3.63, 3.8) is 0 Å². The van der Waals surface area contributed by atoms with Crippen LogP contribution >= 0.6 is 11.3 Å². The Balaban J connectivity index is 2.01. The van der Waals surface area contributed by atoms with Gasteiger partial charge in [0.15, 0.2) is 5.54 Å². The molecule has 1 unspecified atom stereocenters. The van der Waals surface area contributed by atoms with Crippen molar-refractivity contribution in [2.45, 2.75) is 19.0 Å². The van der Waals surface area contributed by atoms with Gasteiger partial charge in [-0.15, -0.1) is 11.3 Å². The summed E-state index contributed by atoms with van der Waals surface area (Å²) in [7, 11) is 0. The smallest absolute Gasteiger partial charge is 0.337 e. The monoisotopic (exact) mass is 294 g/mol. The summed E-state index contributed by atoms with van der Waals surface area (Å²) in [5.41, 5.74) is -1.61. The van der Waals surface area contributed by atoms with Crippen LogP contribution < -0.4 is 10.6 Å². The summed E-state index contributed by atoms with van der Waals surface area (Å²) in [6.07, 6.45) is 1.36. The normalized spacial score (nSPS) is 13.4. The number of hydrogen-bond acceptors (Lipinski definition) is 4. The van der Waals surface area contributed by atoms with Gasteiger partial charge in [-0.1, -0.05) is 6.07 Å². The molecule has 106 valence electrons. The second-order valence-corrected chi connectivity index (χ2v) is 5.33. The number of aliphatic carboxylic acids is 1. The molecule has 1 atom stereocenters. The molecule has 2 amide bonds. The number of urea groups is 1. The lowest BCUT2D eigenvalue weighted by atomic mass is 9.99. The van der Waals surface area contributed by atoms with Gasteiger partial charge in [-0.05, 0) is 30.5 Å². The van der Waals surface area contributed by atoms with Crippen LogP contribution in [-0.2, 0) is 16.9 Å². The van der Waals surface area contributed by atoms with Crippen LogP contribution in [0.5, 0.6) is 0 Å². The molecule has 0 bridgehead atoms. The van der Waals surface area contributed by atoms with Crippen molar-refractivity contribution in [3.05, 3.63) is 46.5 Å². The van der Waals surface area contributed by atoms with Crippen molar-refractivity contribution in [3.8, 4) is 0 Å². The number of carboxylic acid groups (broad SMARTS) is 1. The lowest BCUT2D eigenvalue weighted by Gasteiger charge is -2.24. The number of carbonyl (C=O) groups is 2. The molecule has 0 aliphatic rings. The first-order valence-electron chi connectivity index (χ1n) is 5.88. The summed E-state index contributed by atoms with van der Waals surface area (Å²) in [5, 5.41) is 16.2. The van der Waals surface area contributed by atoms with Crippen molar-refractivity contribution >= 4 is 23.3 Å². The van der Waals surface area contributed by atoms with Gasteiger partial charge in [0.05, 0.1) is 12.8 Å². The van der Waals surface area contributed by atoms with Crippen LogP contribution in [0.15, 0.2) is 40.3 Å². The molecular formula is C13H14N2O4S. The highest BCUT2D eigenvalue weighted by atomic mass is 32.1. The van der Waals surface area contributed by atoms with Crippen molar-refractivity contribution in [1.82, 2.24) is 10.6 Å². The fraction of sp³-hybridized carbons (Fsp3) is 0.231. The van der Waals surface area contributed by atoms with E-state index in [0.29, 0.717) is 6.54 Å². The second-order valence-electron chi connectivity index (χ2n) is 4.29. The Morgan fingerprint density at radius 1 is 1.40 bits per heavy atom. The molecule has 0 aromatic carbocycles. The number of nitrogens with one attached hydrogen (secondary N) is 2. The van der Waals surface area contributed by atoms with Gasteiger partial charge in [0.2, 0.25) is 0 Å². The molecule has 0 radical (unpaired) electrons. The second kappa shape index (κ2) is 5.79. The van der Waals surface area contributed by atoms with E-state index in [2.05, 4.69) is 10.6 Å². The van der Waals surface area contributed by atoms with Crippen LogP contribution in [0.4, 0.5) is 4.79 Å². The molecule has 6 nitrogen and oxygen atoms in total. The number of furan rings is 1. The van der Waals surface area contributed by atoms with Crippen LogP contribution in [0.1, 0.15) is 17.6 Å². The van der Waals surface area contributed by atoms with Crippen molar-refractivity contribution in [1.29, 1.82) is 0 Å². The van der Waals surface area contributed by atoms with E-state index in [4.69, 9.17) is 4.42 Å². The number of amides is 2. The van der Waals surface area contributed by atoms with Crippen LogP contribution in [0, 0.1) is 0 Å². The number of hydrogen-bond donors (Lipinski definition) is 3. The molecule has 2 aromatic heterocycles. The third-order valence-corrected chi connectivity index (χ3v) is 3.68. The minimum absolute atomic E-state index is 0.163. The summed E-state index contributed by atoms with van der Waals surface area (Å²) >= 11 is 1.51. The maximum absolute atomic E-state index is 11.8. The third-order valence-electron chi connectivity index (χ3n) is 2.81. The molecule has 7 heteroatoms. The third kappa shape index (κ3) is 3.00. The molecule has 0 aliphatic carbocycles. The fourth-order valence-electron chi connectivity index (χ4n) is 1.64. The SMILES string of the molecule is CC(NC(=O)NCc1cccs1)(C(=O)O)c1ccco1. The maximum Gasteiger partial charge on any atom is 0.337 e. The largest absolute Gasteiger partial charge is 0.479 e. The zero-order valence-corrected chi connectivity index (χ0v) is 11.6. The molecule has 2 heterocycles. The first kappa shape index (κ1) is 14.1. The minimum Gasteiger partial charge on any atom is -0.479 e. The fourth-order valence-corrected chi connectivity index (χ4v) is 2.28. The average molecular weight is 294 g/mol. The molecule has 0 fully saturated rings. The molecule has 2 rings (SSSR count). The molecule has 0 aliphatic heterocycles. The van der Waals surface area contributed by atoms with E-state index in [1.165, 1.54) is 30.6 Å². The predicted molar refractivity (Wildman–Crippen MR) is 73.4 cm³/mol. The van der Waals surface area contributed by atoms with Gasteiger partial charge in [-0.25, -0.2) is 9.59 Å². The Kier molecular flexibility index (Phi) is 4.09. The van der Waals surface area contributed by atoms with Gasteiger partial charge in [0.25, 0.3) is 0 Å². The van der Waals surface area contributed by atoms with Gasteiger partial charge in [-0.2, -0.15) is 0 Å². The Labute approximate surface area is 119 Å². The lowest BCUT2D eigenvalue weighted by molar-refractivity contribution is -0.144. The summed E-state index contributed by atoms with van der Waals surface area (Å²) in [4.78, 5) is 24.2. The minimum atomic E-state index is -1.61. The van der Waals surface area contributed by atoms with Crippen LogP contribution in [0.25, 0.3) is 0 Å². The molecule has 0 saturated heterocycles. The average Bonchev–Trinajstić information content (AvgIpc) is 3.09. The number of rotatable bonds is 5. The first-order valence-corrected chi connectivity index (χ1v) is 6.76. The number of carbonyl (C=O) groups excluding carboxylic acids is 1. The lowest BCUT2D eigenvalue weighted by Crippen LogP contribution is -2.52. The Morgan fingerprint density at radius 3 is 2.75 bits per heavy atom. The van der Waals surface area contributed by atoms with E-state index in [9.17, 15) is 14.7 Å². The molecule has 0 spiro atoms. The Bertz CT molecular complexity index is 580. The van der Waals surface area contributed by atoms with Crippen LogP contribution in [0.3, 0.4) is 0 Å². The van der Waals surface area contributed by atoms with Gasteiger partial charge < -0.3 is 20.2 Å². The topological polar surface area (TPSA) is 91.6 Å². The van der Waals surface area contributed by atoms with E-state index in [0.717, 1.165) is 4.88 Å². The van der Waals surface area contributed by atoms with Crippen molar-refractivity contribution in [2.24, 2.45) is 0 Å².